The Labute approximate surface area is 141 Å². The number of H-pyrrole nitrogens is 1. The zero-order chi connectivity index (χ0) is 17.4. The second-order valence-corrected chi connectivity index (χ2v) is 5.60. The molecule has 0 aliphatic heterocycles. The van der Waals surface area contributed by atoms with Crippen molar-refractivity contribution in [1.82, 2.24) is 15.5 Å². The van der Waals surface area contributed by atoms with Crippen LogP contribution in [-0.4, -0.2) is 34.7 Å². The normalized spacial score (nSPS) is 11.8. The first-order chi connectivity index (χ1) is 11.6. The van der Waals surface area contributed by atoms with Gasteiger partial charge in [0.1, 0.15) is 0 Å². The molecule has 1 heterocycles. The van der Waals surface area contributed by atoms with Gasteiger partial charge in [0.2, 0.25) is 0 Å². The smallest absolute Gasteiger partial charge is 0.359 e. The molecular weight excluding hydrogens is 306 g/mol. The summed E-state index contributed by atoms with van der Waals surface area (Å²) in [7, 11) is 0. The third-order valence-corrected chi connectivity index (χ3v) is 3.57. The summed E-state index contributed by atoms with van der Waals surface area (Å²) in [5.74, 6) is -0.914. The number of rotatable bonds is 8. The zero-order valence-corrected chi connectivity index (χ0v) is 14.0. The summed E-state index contributed by atoms with van der Waals surface area (Å²) in [4.78, 5) is 24.0. The van der Waals surface area contributed by atoms with Crippen LogP contribution < -0.4 is 5.32 Å². The van der Waals surface area contributed by atoms with E-state index < -0.39 is 12.1 Å². The van der Waals surface area contributed by atoms with E-state index in [4.69, 9.17) is 4.74 Å². The van der Waals surface area contributed by atoms with Gasteiger partial charge < -0.3 is 10.1 Å². The molecule has 2 N–H and O–H groups in total. The van der Waals surface area contributed by atoms with E-state index in [1.807, 2.05) is 37.3 Å². The van der Waals surface area contributed by atoms with Crippen molar-refractivity contribution in [3.63, 3.8) is 0 Å². The maximum atomic E-state index is 12.0. The Morgan fingerprint density at radius 3 is 2.71 bits per heavy atom. The van der Waals surface area contributed by atoms with E-state index in [0.717, 1.165) is 30.5 Å². The van der Waals surface area contributed by atoms with Crippen molar-refractivity contribution >= 4 is 11.9 Å². The first-order valence-electron chi connectivity index (χ1n) is 8.17. The minimum atomic E-state index is -0.861. The van der Waals surface area contributed by atoms with E-state index in [-0.39, 0.29) is 11.6 Å². The van der Waals surface area contributed by atoms with Crippen molar-refractivity contribution < 1.29 is 14.3 Å². The van der Waals surface area contributed by atoms with Crippen molar-refractivity contribution in [3.05, 3.63) is 53.3 Å². The number of nitrogens with zero attached hydrogens (tertiary/aromatic N) is 1. The molecule has 2 aromatic rings. The number of aryl methyl sites for hydroxylation is 1. The average Bonchev–Trinajstić information content (AvgIpc) is 3.05. The number of benzene rings is 1. The largest absolute Gasteiger partial charge is 0.448 e. The van der Waals surface area contributed by atoms with Crippen molar-refractivity contribution in [2.45, 2.75) is 39.2 Å². The Balaban J connectivity index is 1.76. The maximum Gasteiger partial charge on any atom is 0.359 e. The van der Waals surface area contributed by atoms with E-state index in [1.165, 1.54) is 0 Å². The van der Waals surface area contributed by atoms with Gasteiger partial charge in [-0.2, -0.15) is 5.10 Å². The quantitative estimate of drug-likeness (QED) is 0.728. The second-order valence-electron chi connectivity index (χ2n) is 5.60. The van der Waals surface area contributed by atoms with Gasteiger partial charge in [-0.25, -0.2) is 4.79 Å². The molecule has 6 nitrogen and oxygen atoms in total. The summed E-state index contributed by atoms with van der Waals surface area (Å²) in [6.45, 7) is 4.09. The topological polar surface area (TPSA) is 84.1 Å². The first kappa shape index (κ1) is 17.7. The monoisotopic (exact) mass is 329 g/mol. The number of ether oxygens (including phenoxy) is 1. The second kappa shape index (κ2) is 8.86. The van der Waals surface area contributed by atoms with Crippen molar-refractivity contribution in [2.75, 3.05) is 6.54 Å². The van der Waals surface area contributed by atoms with Crippen LogP contribution in [0.25, 0.3) is 0 Å². The van der Waals surface area contributed by atoms with E-state index >= 15 is 0 Å². The molecule has 0 radical (unpaired) electrons. The molecule has 1 unspecified atom stereocenters. The van der Waals surface area contributed by atoms with Crippen LogP contribution in [0.4, 0.5) is 0 Å². The van der Waals surface area contributed by atoms with Gasteiger partial charge in [0.05, 0.1) is 0 Å². The highest BCUT2D eigenvalue weighted by atomic mass is 16.5. The third-order valence-electron chi connectivity index (χ3n) is 3.57. The lowest BCUT2D eigenvalue weighted by atomic mass is 10.1. The van der Waals surface area contributed by atoms with Crippen molar-refractivity contribution in [1.29, 1.82) is 0 Å². The standard InChI is InChI=1S/C18H23N3O3/c1-3-7-15-12-16(21-20-15)18(23)24-13(2)17(22)19-11-10-14-8-5-4-6-9-14/h4-6,8-9,12-13H,3,7,10-11H2,1-2H3,(H,19,22)(H,20,21). The highest BCUT2D eigenvalue weighted by molar-refractivity contribution is 5.90. The molecule has 2 rings (SSSR count). The maximum absolute atomic E-state index is 12.0. The van der Waals surface area contributed by atoms with Crippen LogP contribution in [0.2, 0.25) is 0 Å². The van der Waals surface area contributed by atoms with Crippen LogP contribution >= 0.6 is 0 Å². The fourth-order valence-electron chi connectivity index (χ4n) is 2.26. The van der Waals surface area contributed by atoms with Gasteiger partial charge in [-0.05, 0) is 31.4 Å². The van der Waals surface area contributed by atoms with E-state index in [2.05, 4.69) is 15.5 Å². The number of hydrogen-bond acceptors (Lipinski definition) is 4. The van der Waals surface area contributed by atoms with Crippen molar-refractivity contribution in [2.24, 2.45) is 0 Å². The zero-order valence-electron chi connectivity index (χ0n) is 14.0. The number of hydrogen-bond donors (Lipinski definition) is 2. The van der Waals surface area contributed by atoms with Crippen LogP contribution in [0.15, 0.2) is 36.4 Å². The summed E-state index contributed by atoms with van der Waals surface area (Å²) < 4.78 is 5.16. The number of aromatic amines is 1. The highest BCUT2D eigenvalue weighted by Gasteiger charge is 2.20. The van der Waals surface area contributed by atoms with Gasteiger partial charge in [-0.15, -0.1) is 0 Å². The molecule has 0 saturated heterocycles. The Hall–Kier alpha value is -2.63. The van der Waals surface area contributed by atoms with Gasteiger partial charge in [-0.1, -0.05) is 43.7 Å². The van der Waals surface area contributed by atoms with Crippen LogP contribution in [0.3, 0.4) is 0 Å². The minimum absolute atomic E-state index is 0.197. The molecule has 0 saturated carbocycles. The number of amides is 1. The molecular formula is C18H23N3O3. The lowest BCUT2D eigenvalue weighted by molar-refractivity contribution is -0.129. The minimum Gasteiger partial charge on any atom is -0.448 e. The van der Waals surface area contributed by atoms with Gasteiger partial charge in [-0.3, -0.25) is 9.89 Å². The molecule has 24 heavy (non-hydrogen) atoms. The summed E-state index contributed by atoms with van der Waals surface area (Å²) in [5.41, 5.74) is 2.22. The van der Waals surface area contributed by atoms with Crippen LogP contribution in [0.5, 0.6) is 0 Å². The summed E-state index contributed by atoms with van der Waals surface area (Å²) in [6, 6.07) is 11.5. The molecule has 1 atom stereocenters. The van der Waals surface area contributed by atoms with Gasteiger partial charge in [0.25, 0.3) is 5.91 Å². The molecule has 1 amide bonds. The highest BCUT2D eigenvalue weighted by Crippen LogP contribution is 2.06. The van der Waals surface area contributed by atoms with Crippen molar-refractivity contribution in [3.8, 4) is 0 Å². The molecule has 128 valence electrons. The fourth-order valence-corrected chi connectivity index (χ4v) is 2.26. The summed E-state index contributed by atoms with van der Waals surface area (Å²) in [6.07, 6.45) is 1.64. The lowest BCUT2D eigenvalue weighted by Crippen LogP contribution is -2.37. The number of esters is 1. The number of aromatic nitrogens is 2. The number of carbonyl (C=O) groups is 2. The Kier molecular flexibility index (Phi) is 6.54. The molecule has 0 aliphatic rings. The van der Waals surface area contributed by atoms with Crippen LogP contribution in [-0.2, 0) is 22.4 Å². The average molecular weight is 329 g/mol. The Morgan fingerprint density at radius 1 is 1.25 bits per heavy atom. The molecule has 0 bridgehead atoms. The molecule has 0 fully saturated rings. The fraction of sp³-hybridized carbons (Fsp3) is 0.389. The van der Waals surface area contributed by atoms with Gasteiger partial charge in [0.15, 0.2) is 11.8 Å². The molecule has 1 aromatic carbocycles. The number of nitrogens with one attached hydrogen (secondary N) is 2. The SMILES string of the molecule is CCCc1cc(C(=O)OC(C)C(=O)NCCc2ccccc2)n[nH]1. The first-order valence-corrected chi connectivity index (χ1v) is 8.17. The molecule has 1 aromatic heterocycles. The summed E-state index contributed by atoms with van der Waals surface area (Å²) >= 11 is 0. The number of carbonyl (C=O) groups excluding carboxylic acids is 2. The third kappa shape index (κ3) is 5.22. The lowest BCUT2D eigenvalue weighted by Gasteiger charge is -2.12. The van der Waals surface area contributed by atoms with Gasteiger partial charge >= 0.3 is 5.97 Å². The van der Waals surface area contributed by atoms with E-state index in [9.17, 15) is 9.59 Å². The van der Waals surface area contributed by atoms with Gasteiger partial charge in [0, 0.05) is 12.2 Å². The Morgan fingerprint density at radius 2 is 2.00 bits per heavy atom. The predicted octanol–water partition coefficient (Wildman–Crippen LogP) is 2.27. The van der Waals surface area contributed by atoms with E-state index in [0.29, 0.717) is 6.54 Å². The van der Waals surface area contributed by atoms with E-state index in [1.54, 1.807) is 13.0 Å². The molecule has 6 heteroatoms. The Bertz CT molecular complexity index is 667. The van der Waals surface area contributed by atoms with Crippen LogP contribution in [0.1, 0.15) is 42.0 Å². The summed E-state index contributed by atoms with van der Waals surface area (Å²) in [5, 5.41) is 9.48. The molecule has 0 spiro atoms. The predicted molar refractivity (Wildman–Crippen MR) is 90.6 cm³/mol. The molecule has 0 aliphatic carbocycles. The van der Waals surface area contributed by atoms with Crippen LogP contribution in [0, 0.1) is 0 Å².